The molecule has 1 fully saturated rings. The van der Waals surface area contributed by atoms with Gasteiger partial charge in [0.05, 0.1) is 6.10 Å². The SMILES string of the molecule is Cl.NCC1(c2ccc(F)cc2)CCC(O)CC1. The highest BCUT2D eigenvalue weighted by atomic mass is 35.5. The van der Waals surface area contributed by atoms with Crippen molar-refractivity contribution in [3.05, 3.63) is 35.6 Å². The molecule has 3 N–H and O–H groups in total. The Labute approximate surface area is 107 Å². The van der Waals surface area contributed by atoms with Crippen LogP contribution in [0, 0.1) is 5.82 Å². The van der Waals surface area contributed by atoms with Crippen LogP contribution in [0.15, 0.2) is 24.3 Å². The summed E-state index contributed by atoms with van der Waals surface area (Å²) in [6, 6.07) is 6.61. The van der Waals surface area contributed by atoms with Crippen LogP contribution in [0.5, 0.6) is 0 Å². The van der Waals surface area contributed by atoms with Crippen molar-refractivity contribution >= 4 is 12.4 Å². The Morgan fingerprint density at radius 2 is 1.76 bits per heavy atom. The van der Waals surface area contributed by atoms with Crippen molar-refractivity contribution in [1.29, 1.82) is 0 Å². The first-order valence-electron chi connectivity index (χ1n) is 5.80. The van der Waals surface area contributed by atoms with E-state index >= 15 is 0 Å². The Morgan fingerprint density at radius 3 is 2.24 bits per heavy atom. The molecule has 0 saturated heterocycles. The summed E-state index contributed by atoms with van der Waals surface area (Å²) < 4.78 is 12.9. The average molecular weight is 260 g/mol. The van der Waals surface area contributed by atoms with Gasteiger partial charge >= 0.3 is 0 Å². The Morgan fingerprint density at radius 1 is 1.24 bits per heavy atom. The van der Waals surface area contributed by atoms with E-state index in [4.69, 9.17) is 5.73 Å². The van der Waals surface area contributed by atoms with E-state index in [1.165, 1.54) is 12.1 Å². The highest BCUT2D eigenvalue weighted by Crippen LogP contribution is 2.38. The number of benzene rings is 1. The molecule has 1 aromatic carbocycles. The highest BCUT2D eigenvalue weighted by Gasteiger charge is 2.35. The molecule has 2 nitrogen and oxygen atoms in total. The van der Waals surface area contributed by atoms with Crippen LogP contribution in [-0.2, 0) is 5.41 Å². The van der Waals surface area contributed by atoms with Crippen molar-refractivity contribution in [2.45, 2.75) is 37.2 Å². The summed E-state index contributed by atoms with van der Waals surface area (Å²) in [5.74, 6) is -0.216. The van der Waals surface area contributed by atoms with Crippen LogP contribution in [0.2, 0.25) is 0 Å². The van der Waals surface area contributed by atoms with Crippen molar-refractivity contribution in [3.63, 3.8) is 0 Å². The third-order valence-corrected chi connectivity index (χ3v) is 3.76. The van der Waals surface area contributed by atoms with E-state index in [-0.39, 0.29) is 29.7 Å². The first-order chi connectivity index (χ1) is 7.66. The van der Waals surface area contributed by atoms with Crippen molar-refractivity contribution in [2.75, 3.05) is 6.54 Å². The van der Waals surface area contributed by atoms with E-state index < -0.39 is 0 Å². The molecule has 0 spiro atoms. The van der Waals surface area contributed by atoms with Crippen molar-refractivity contribution in [1.82, 2.24) is 0 Å². The quantitative estimate of drug-likeness (QED) is 0.857. The maximum absolute atomic E-state index is 12.9. The summed E-state index contributed by atoms with van der Waals surface area (Å²) in [4.78, 5) is 0. The van der Waals surface area contributed by atoms with Crippen molar-refractivity contribution < 1.29 is 9.50 Å². The maximum atomic E-state index is 12.9. The molecule has 1 aromatic rings. The van der Waals surface area contributed by atoms with Crippen LogP contribution in [0.4, 0.5) is 4.39 Å². The predicted octanol–water partition coefficient (Wildman–Crippen LogP) is 2.38. The number of rotatable bonds is 2. The molecule has 0 heterocycles. The minimum Gasteiger partial charge on any atom is -0.393 e. The summed E-state index contributed by atoms with van der Waals surface area (Å²) in [6.07, 6.45) is 3.15. The van der Waals surface area contributed by atoms with E-state index in [2.05, 4.69) is 0 Å². The van der Waals surface area contributed by atoms with Crippen LogP contribution >= 0.6 is 12.4 Å². The molecule has 0 atom stereocenters. The van der Waals surface area contributed by atoms with E-state index in [9.17, 15) is 9.50 Å². The molecular formula is C13H19ClFNO. The van der Waals surface area contributed by atoms with Gasteiger partial charge in [-0.1, -0.05) is 12.1 Å². The first-order valence-corrected chi connectivity index (χ1v) is 5.80. The zero-order chi connectivity index (χ0) is 11.6. The minimum atomic E-state index is -0.216. The lowest BCUT2D eigenvalue weighted by Crippen LogP contribution is -2.40. The number of nitrogens with two attached hydrogens (primary N) is 1. The molecule has 96 valence electrons. The molecule has 0 amide bonds. The van der Waals surface area contributed by atoms with Gasteiger partial charge in [0.25, 0.3) is 0 Å². The van der Waals surface area contributed by atoms with Crippen LogP contribution < -0.4 is 5.73 Å². The van der Waals surface area contributed by atoms with E-state index in [0.29, 0.717) is 6.54 Å². The fraction of sp³-hybridized carbons (Fsp3) is 0.538. The van der Waals surface area contributed by atoms with Gasteiger partial charge in [-0.3, -0.25) is 0 Å². The third-order valence-electron chi connectivity index (χ3n) is 3.76. The second kappa shape index (κ2) is 5.80. The molecule has 0 unspecified atom stereocenters. The molecule has 1 aliphatic rings. The number of aliphatic hydroxyl groups excluding tert-OH is 1. The van der Waals surface area contributed by atoms with Gasteiger partial charge in [-0.05, 0) is 43.4 Å². The molecule has 0 bridgehead atoms. The Hall–Kier alpha value is -0.640. The summed E-state index contributed by atoms with van der Waals surface area (Å²) in [5.41, 5.74) is 6.92. The fourth-order valence-electron chi connectivity index (χ4n) is 2.57. The molecule has 0 radical (unpaired) electrons. The summed E-state index contributed by atoms with van der Waals surface area (Å²) >= 11 is 0. The lowest BCUT2D eigenvalue weighted by atomic mass is 9.69. The van der Waals surface area contributed by atoms with Crippen LogP contribution in [0.1, 0.15) is 31.2 Å². The zero-order valence-corrected chi connectivity index (χ0v) is 10.5. The van der Waals surface area contributed by atoms with Gasteiger partial charge in [0.15, 0.2) is 0 Å². The van der Waals surface area contributed by atoms with E-state index in [1.54, 1.807) is 0 Å². The maximum Gasteiger partial charge on any atom is 0.123 e. The second-order valence-corrected chi connectivity index (χ2v) is 4.72. The molecule has 2 rings (SSSR count). The van der Waals surface area contributed by atoms with Gasteiger partial charge < -0.3 is 10.8 Å². The number of aliphatic hydroxyl groups is 1. The number of hydrogen-bond acceptors (Lipinski definition) is 2. The molecule has 0 aliphatic heterocycles. The average Bonchev–Trinajstić information content (AvgIpc) is 2.32. The van der Waals surface area contributed by atoms with Gasteiger partial charge in [-0.25, -0.2) is 4.39 Å². The van der Waals surface area contributed by atoms with Gasteiger partial charge in [0, 0.05) is 12.0 Å². The monoisotopic (exact) mass is 259 g/mol. The Balaban J connectivity index is 0.00000144. The lowest BCUT2D eigenvalue weighted by Gasteiger charge is -2.38. The van der Waals surface area contributed by atoms with Crippen molar-refractivity contribution in [2.24, 2.45) is 5.73 Å². The van der Waals surface area contributed by atoms with Crippen LogP contribution in [0.3, 0.4) is 0 Å². The van der Waals surface area contributed by atoms with Crippen LogP contribution in [-0.4, -0.2) is 17.8 Å². The lowest BCUT2D eigenvalue weighted by molar-refractivity contribution is 0.0974. The second-order valence-electron chi connectivity index (χ2n) is 4.72. The smallest absolute Gasteiger partial charge is 0.123 e. The normalized spacial score (nSPS) is 28.5. The zero-order valence-electron chi connectivity index (χ0n) is 9.73. The van der Waals surface area contributed by atoms with Gasteiger partial charge in [0.2, 0.25) is 0 Å². The largest absolute Gasteiger partial charge is 0.393 e. The Kier molecular flexibility index (Phi) is 4.92. The Bertz CT molecular complexity index is 347. The highest BCUT2D eigenvalue weighted by molar-refractivity contribution is 5.85. The number of hydrogen-bond donors (Lipinski definition) is 2. The summed E-state index contributed by atoms with van der Waals surface area (Å²) in [6.45, 7) is 0.561. The van der Waals surface area contributed by atoms with Gasteiger partial charge in [-0.2, -0.15) is 0 Å². The first kappa shape index (κ1) is 14.4. The topological polar surface area (TPSA) is 46.2 Å². The molecule has 1 saturated carbocycles. The minimum absolute atomic E-state index is 0. The predicted molar refractivity (Wildman–Crippen MR) is 68.9 cm³/mol. The van der Waals surface area contributed by atoms with Gasteiger partial charge in [0.1, 0.15) is 5.82 Å². The van der Waals surface area contributed by atoms with E-state index in [0.717, 1.165) is 31.2 Å². The fourth-order valence-corrected chi connectivity index (χ4v) is 2.57. The summed E-state index contributed by atoms with van der Waals surface area (Å²) in [5, 5.41) is 9.53. The molecule has 1 aliphatic carbocycles. The number of halogens is 2. The molecule has 17 heavy (non-hydrogen) atoms. The standard InChI is InChI=1S/C13H18FNO.ClH/c14-11-3-1-10(2-4-11)13(9-15)7-5-12(16)6-8-13;/h1-4,12,16H,5-9,15H2;1H. The van der Waals surface area contributed by atoms with E-state index in [1.807, 2.05) is 12.1 Å². The third kappa shape index (κ3) is 2.97. The van der Waals surface area contributed by atoms with Gasteiger partial charge in [-0.15, -0.1) is 12.4 Å². The summed E-state index contributed by atoms with van der Waals surface area (Å²) in [7, 11) is 0. The van der Waals surface area contributed by atoms with Crippen molar-refractivity contribution in [3.8, 4) is 0 Å². The van der Waals surface area contributed by atoms with Crippen LogP contribution in [0.25, 0.3) is 0 Å². The molecule has 0 aromatic heterocycles. The molecule has 4 heteroatoms. The molecular weight excluding hydrogens is 241 g/mol.